The summed E-state index contributed by atoms with van der Waals surface area (Å²) >= 11 is 1.32. The van der Waals surface area contributed by atoms with Crippen molar-refractivity contribution in [3.8, 4) is 10.6 Å². The molecule has 2 aromatic carbocycles. The average molecular weight is 430 g/mol. The molecule has 0 saturated heterocycles. The Labute approximate surface area is 175 Å². The van der Waals surface area contributed by atoms with Crippen molar-refractivity contribution in [2.75, 3.05) is 13.1 Å². The summed E-state index contributed by atoms with van der Waals surface area (Å²) in [5.41, 5.74) is 3.17. The molecule has 8 heteroatoms. The average Bonchev–Trinajstić information content (AvgIpc) is 3.09. The quantitative estimate of drug-likeness (QED) is 0.563. The molecule has 152 valence electrons. The Morgan fingerprint density at radius 2 is 1.76 bits per heavy atom. The molecule has 0 aliphatic carbocycles. The summed E-state index contributed by atoms with van der Waals surface area (Å²) in [6, 6.07) is 15.0. The van der Waals surface area contributed by atoms with E-state index in [0.717, 1.165) is 16.1 Å². The predicted octanol–water partition coefficient (Wildman–Crippen LogP) is 3.44. The van der Waals surface area contributed by atoms with Crippen LogP contribution in [-0.2, 0) is 10.0 Å². The van der Waals surface area contributed by atoms with Crippen LogP contribution in [0.1, 0.15) is 26.5 Å². The van der Waals surface area contributed by atoms with Crippen molar-refractivity contribution in [3.63, 3.8) is 0 Å². The van der Waals surface area contributed by atoms with Crippen LogP contribution < -0.4 is 10.0 Å². The summed E-state index contributed by atoms with van der Waals surface area (Å²) in [7, 11) is -3.63. The van der Waals surface area contributed by atoms with E-state index in [9.17, 15) is 13.2 Å². The van der Waals surface area contributed by atoms with Gasteiger partial charge in [-0.15, -0.1) is 11.3 Å². The van der Waals surface area contributed by atoms with Crippen LogP contribution in [0, 0.1) is 20.8 Å². The van der Waals surface area contributed by atoms with Gasteiger partial charge < -0.3 is 5.32 Å². The maximum absolute atomic E-state index is 12.5. The molecule has 29 heavy (non-hydrogen) atoms. The Hall–Kier alpha value is -2.55. The molecular formula is C21H23N3O3S2. The molecule has 6 nitrogen and oxygen atoms in total. The van der Waals surface area contributed by atoms with Crippen molar-refractivity contribution in [1.29, 1.82) is 0 Å². The molecule has 0 atom stereocenters. The van der Waals surface area contributed by atoms with Gasteiger partial charge in [-0.25, -0.2) is 18.1 Å². The van der Waals surface area contributed by atoms with Crippen molar-refractivity contribution in [2.45, 2.75) is 25.7 Å². The molecule has 0 radical (unpaired) electrons. The van der Waals surface area contributed by atoms with E-state index in [2.05, 4.69) is 15.0 Å². The minimum atomic E-state index is -3.63. The van der Waals surface area contributed by atoms with Crippen molar-refractivity contribution < 1.29 is 13.2 Å². The zero-order valence-corrected chi connectivity index (χ0v) is 18.2. The second kappa shape index (κ2) is 8.86. The highest BCUT2D eigenvalue weighted by Crippen LogP contribution is 2.27. The van der Waals surface area contributed by atoms with Crippen molar-refractivity contribution in [2.24, 2.45) is 0 Å². The highest BCUT2D eigenvalue weighted by atomic mass is 32.2. The standard InChI is InChI=1S/C21H23N3O3S2/c1-14-9-10-15(2)18(13-14)29(26,27)23-12-11-22-20(25)19-16(3)24-21(28-19)17-7-5-4-6-8-17/h4-10,13,23H,11-12H2,1-3H3,(H,22,25). The smallest absolute Gasteiger partial charge is 0.263 e. The maximum Gasteiger partial charge on any atom is 0.263 e. The first-order valence-corrected chi connectivity index (χ1v) is 11.5. The Kier molecular flexibility index (Phi) is 6.46. The van der Waals surface area contributed by atoms with E-state index >= 15 is 0 Å². The van der Waals surface area contributed by atoms with E-state index in [0.29, 0.717) is 16.1 Å². The third-order valence-corrected chi connectivity index (χ3v) is 7.17. The van der Waals surface area contributed by atoms with Gasteiger partial charge in [0.05, 0.1) is 10.6 Å². The minimum Gasteiger partial charge on any atom is -0.350 e. The number of thiazole rings is 1. The molecular weight excluding hydrogens is 406 g/mol. The van der Waals surface area contributed by atoms with Gasteiger partial charge in [0.2, 0.25) is 10.0 Å². The summed E-state index contributed by atoms with van der Waals surface area (Å²) in [5.74, 6) is -0.256. The SMILES string of the molecule is Cc1ccc(C)c(S(=O)(=O)NCCNC(=O)c2sc(-c3ccccc3)nc2C)c1. The molecule has 1 heterocycles. The molecule has 0 saturated carbocycles. The van der Waals surface area contributed by atoms with Gasteiger partial charge in [0.15, 0.2) is 0 Å². The fourth-order valence-electron chi connectivity index (χ4n) is 2.83. The van der Waals surface area contributed by atoms with Crippen LogP contribution >= 0.6 is 11.3 Å². The number of aryl methyl sites for hydroxylation is 3. The van der Waals surface area contributed by atoms with Crippen LogP contribution in [0.3, 0.4) is 0 Å². The number of rotatable bonds is 7. The lowest BCUT2D eigenvalue weighted by molar-refractivity contribution is 0.0957. The molecule has 1 amide bonds. The first kappa shape index (κ1) is 21.2. The van der Waals surface area contributed by atoms with Gasteiger partial charge in [0, 0.05) is 18.7 Å². The highest BCUT2D eigenvalue weighted by molar-refractivity contribution is 7.89. The van der Waals surface area contributed by atoms with Crippen LogP contribution in [0.15, 0.2) is 53.4 Å². The second-order valence-electron chi connectivity index (χ2n) is 6.72. The van der Waals surface area contributed by atoms with Crippen LogP contribution in [0.4, 0.5) is 0 Å². The maximum atomic E-state index is 12.5. The topological polar surface area (TPSA) is 88.2 Å². The molecule has 3 rings (SSSR count). The van der Waals surface area contributed by atoms with Crippen LogP contribution in [-0.4, -0.2) is 32.4 Å². The van der Waals surface area contributed by atoms with Crippen molar-refractivity contribution in [3.05, 3.63) is 70.2 Å². The number of aromatic nitrogens is 1. The van der Waals surface area contributed by atoms with Crippen molar-refractivity contribution >= 4 is 27.3 Å². The third kappa shape index (κ3) is 5.09. The molecule has 0 aliphatic rings. The van der Waals surface area contributed by atoms with E-state index in [-0.39, 0.29) is 23.9 Å². The molecule has 2 N–H and O–H groups in total. The normalized spacial score (nSPS) is 11.4. The van der Waals surface area contributed by atoms with E-state index in [1.807, 2.05) is 43.3 Å². The number of nitrogens with one attached hydrogen (secondary N) is 2. The lowest BCUT2D eigenvalue weighted by Crippen LogP contribution is -2.34. The largest absolute Gasteiger partial charge is 0.350 e. The first-order chi connectivity index (χ1) is 13.8. The fraction of sp³-hybridized carbons (Fsp3) is 0.238. The van der Waals surface area contributed by atoms with Crippen LogP contribution in [0.25, 0.3) is 10.6 Å². The van der Waals surface area contributed by atoms with Gasteiger partial charge >= 0.3 is 0 Å². The Bertz CT molecular complexity index is 1120. The number of carbonyl (C=O) groups excluding carboxylic acids is 1. The van der Waals surface area contributed by atoms with E-state index < -0.39 is 10.0 Å². The predicted molar refractivity (Wildman–Crippen MR) is 116 cm³/mol. The van der Waals surface area contributed by atoms with E-state index in [1.54, 1.807) is 26.0 Å². The number of amides is 1. The number of benzene rings is 2. The molecule has 1 aromatic heterocycles. The third-order valence-electron chi connectivity index (χ3n) is 4.36. The molecule has 0 unspecified atom stereocenters. The van der Waals surface area contributed by atoms with Gasteiger partial charge in [-0.1, -0.05) is 42.5 Å². The van der Waals surface area contributed by atoms with Crippen LogP contribution in [0.2, 0.25) is 0 Å². The number of nitrogens with zero attached hydrogens (tertiary/aromatic N) is 1. The Morgan fingerprint density at radius 3 is 2.48 bits per heavy atom. The lowest BCUT2D eigenvalue weighted by Gasteiger charge is -2.10. The van der Waals surface area contributed by atoms with E-state index in [4.69, 9.17) is 0 Å². The Balaban J connectivity index is 1.59. The van der Waals surface area contributed by atoms with E-state index in [1.165, 1.54) is 11.3 Å². The summed E-state index contributed by atoms with van der Waals surface area (Å²) in [4.78, 5) is 17.7. The zero-order valence-electron chi connectivity index (χ0n) is 16.5. The summed E-state index contributed by atoms with van der Waals surface area (Å²) in [6.07, 6.45) is 0. The minimum absolute atomic E-state index is 0.102. The first-order valence-electron chi connectivity index (χ1n) is 9.16. The number of hydrogen-bond acceptors (Lipinski definition) is 5. The molecule has 0 aliphatic heterocycles. The van der Waals surface area contributed by atoms with Gasteiger partial charge in [-0.3, -0.25) is 4.79 Å². The highest BCUT2D eigenvalue weighted by Gasteiger charge is 2.18. The van der Waals surface area contributed by atoms with Gasteiger partial charge in [-0.05, 0) is 38.0 Å². The molecule has 0 spiro atoms. The van der Waals surface area contributed by atoms with Crippen molar-refractivity contribution in [1.82, 2.24) is 15.0 Å². The molecule has 0 bridgehead atoms. The van der Waals surface area contributed by atoms with Crippen LogP contribution in [0.5, 0.6) is 0 Å². The van der Waals surface area contributed by atoms with Gasteiger partial charge in [-0.2, -0.15) is 0 Å². The van der Waals surface area contributed by atoms with Gasteiger partial charge in [0.25, 0.3) is 5.91 Å². The monoisotopic (exact) mass is 429 g/mol. The number of carbonyl (C=O) groups is 1. The summed E-state index contributed by atoms with van der Waals surface area (Å²) in [5, 5.41) is 3.54. The number of sulfonamides is 1. The second-order valence-corrected chi connectivity index (χ2v) is 9.46. The lowest BCUT2D eigenvalue weighted by atomic mass is 10.2. The Morgan fingerprint density at radius 1 is 1.03 bits per heavy atom. The summed E-state index contributed by atoms with van der Waals surface area (Å²) < 4.78 is 27.5. The molecule has 0 fully saturated rings. The van der Waals surface area contributed by atoms with Gasteiger partial charge in [0.1, 0.15) is 9.88 Å². The fourth-order valence-corrected chi connectivity index (χ4v) is 5.17. The molecule has 3 aromatic rings. The summed E-state index contributed by atoms with van der Waals surface area (Å²) in [6.45, 7) is 5.68. The number of hydrogen-bond donors (Lipinski definition) is 2. The zero-order chi connectivity index (χ0) is 21.0.